The maximum Gasteiger partial charge on any atom is 0.164 e. The highest BCUT2D eigenvalue weighted by atomic mass is 16.6. The first-order valence-corrected chi connectivity index (χ1v) is 7.34. The van der Waals surface area contributed by atoms with Crippen LogP contribution >= 0.6 is 0 Å². The van der Waals surface area contributed by atoms with Gasteiger partial charge in [0.05, 0.1) is 30.2 Å². The van der Waals surface area contributed by atoms with Gasteiger partial charge in [-0.1, -0.05) is 0 Å². The standard InChI is InChI=1S/C14H16N6O4/c15-12-9-6(7-1-16-4-17-7)2-20(13(9)19-5-18-12)14-11(23)10(22)8(3-21)24-14/h1-2,4-5,8,10-11,14,21-23H,3H2,(H,16,17)(H2,15,18,19)/t8-,10?,11?,14-/m1/s1. The van der Waals surface area contributed by atoms with Crippen LogP contribution in [0.25, 0.3) is 22.3 Å². The Morgan fingerprint density at radius 1 is 1.29 bits per heavy atom. The number of H-pyrrole nitrogens is 1. The third kappa shape index (κ3) is 2.08. The Labute approximate surface area is 135 Å². The summed E-state index contributed by atoms with van der Waals surface area (Å²) >= 11 is 0. The quantitative estimate of drug-likeness (QED) is 0.409. The van der Waals surface area contributed by atoms with Crippen molar-refractivity contribution < 1.29 is 20.1 Å². The van der Waals surface area contributed by atoms with Crippen LogP contribution < -0.4 is 5.73 Å². The molecule has 2 unspecified atom stereocenters. The zero-order valence-corrected chi connectivity index (χ0v) is 12.4. The maximum atomic E-state index is 10.3. The SMILES string of the molecule is Nc1ncnc2c1c(-c1cnc[nH]1)cn2[C@@H]1O[C@H](CO)C(O)C1O. The molecule has 0 bridgehead atoms. The van der Waals surface area contributed by atoms with Crippen LogP contribution in [0.2, 0.25) is 0 Å². The number of aromatic amines is 1. The summed E-state index contributed by atoms with van der Waals surface area (Å²) < 4.78 is 7.16. The number of anilines is 1. The van der Waals surface area contributed by atoms with E-state index in [4.69, 9.17) is 10.5 Å². The van der Waals surface area contributed by atoms with Crippen molar-refractivity contribution in [1.82, 2.24) is 24.5 Å². The van der Waals surface area contributed by atoms with Crippen LogP contribution in [-0.4, -0.2) is 64.7 Å². The summed E-state index contributed by atoms with van der Waals surface area (Å²) in [5.41, 5.74) is 7.84. The Kier molecular flexibility index (Phi) is 3.46. The molecular weight excluding hydrogens is 316 g/mol. The second kappa shape index (κ2) is 5.53. The molecule has 0 radical (unpaired) electrons. The number of aliphatic hydroxyl groups is 3. The number of nitrogens with one attached hydrogen (secondary N) is 1. The Bertz CT molecular complexity index is 864. The van der Waals surface area contributed by atoms with Crippen molar-refractivity contribution in [3.05, 3.63) is 25.0 Å². The van der Waals surface area contributed by atoms with Gasteiger partial charge in [-0.3, -0.25) is 0 Å². The molecular formula is C14H16N6O4. The fourth-order valence-electron chi connectivity index (χ4n) is 3.02. The summed E-state index contributed by atoms with van der Waals surface area (Å²) in [6, 6.07) is 0. The summed E-state index contributed by atoms with van der Waals surface area (Å²) in [5.74, 6) is 0.273. The molecule has 0 spiro atoms. The van der Waals surface area contributed by atoms with Gasteiger partial charge in [0.1, 0.15) is 36.1 Å². The van der Waals surface area contributed by atoms with Crippen LogP contribution in [0.1, 0.15) is 6.23 Å². The monoisotopic (exact) mass is 332 g/mol. The van der Waals surface area contributed by atoms with Crippen molar-refractivity contribution in [2.45, 2.75) is 24.5 Å². The van der Waals surface area contributed by atoms with E-state index in [1.807, 2.05) is 0 Å². The van der Waals surface area contributed by atoms with Gasteiger partial charge in [-0.2, -0.15) is 0 Å². The molecule has 4 heterocycles. The molecule has 0 saturated carbocycles. The van der Waals surface area contributed by atoms with Crippen LogP contribution in [0.4, 0.5) is 5.82 Å². The highest BCUT2D eigenvalue weighted by Gasteiger charge is 2.44. The van der Waals surface area contributed by atoms with Gasteiger partial charge in [0, 0.05) is 11.8 Å². The topological polar surface area (TPSA) is 155 Å². The number of nitrogens with zero attached hydrogens (tertiary/aromatic N) is 4. The van der Waals surface area contributed by atoms with Crippen LogP contribution in [-0.2, 0) is 4.74 Å². The molecule has 3 aromatic heterocycles. The fraction of sp³-hybridized carbons (Fsp3) is 0.357. The van der Waals surface area contributed by atoms with Gasteiger partial charge in [0.25, 0.3) is 0 Å². The van der Waals surface area contributed by atoms with Crippen molar-refractivity contribution in [3.63, 3.8) is 0 Å². The number of aliphatic hydroxyl groups excluding tert-OH is 3. The number of ether oxygens (including phenoxy) is 1. The summed E-state index contributed by atoms with van der Waals surface area (Å²) in [5, 5.41) is 30.1. The Balaban J connectivity index is 1.90. The first-order chi connectivity index (χ1) is 11.6. The number of hydrogen-bond donors (Lipinski definition) is 5. The molecule has 1 fully saturated rings. The summed E-state index contributed by atoms with van der Waals surface area (Å²) in [6.07, 6.45) is 1.96. The average Bonchev–Trinajstić information content (AvgIpc) is 3.28. The predicted molar refractivity (Wildman–Crippen MR) is 82.5 cm³/mol. The fourth-order valence-corrected chi connectivity index (χ4v) is 3.02. The molecule has 0 amide bonds. The molecule has 0 aliphatic carbocycles. The van der Waals surface area contributed by atoms with Gasteiger partial charge in [-0.25, -0.2) is 15.0 Å². The predicted octanol–water partition coefficient (Wildman–Crippen LogP) is -0.985. The zero-order valence-electron chi connectivity index (χ0n) is 12.4. The molecule has 126 valence electrons. The number of hydrogen-bond acceptors (Lipinski definition) is 8. The van der Waals surface area contributed by atoms with E-state index in [2.05, 4.69) is 19.9 Å². The number of nitrogens with two attached hydrogens (primary N) is 1. The normalized spacial score (nSPS) is 27.1. The lowest BCUT2D eigenvalue weighted by molar-refractivity contribution is -0.0508. The summed E-state index contributed by atoms with van der Waals surface area (Å²) in [4.78, 5) is 15.2. The number of aromatic nitrogens is 5. The van der Waals surface area contributed by atoms with E-state index in [-0.39, 0.29) is 5.82 Å². The lowest BCUT2D eigenvalue weighted by Crippen LogP contribution is -2.33. The van der Waals surface area contributed by atoms with Crippen molar-refractivity contribution in [2.75, 3.05) is 12.3 Å². The van der Waals surface area contributed by atoms with E-state index in [0.717, 1.165) is 0 Å². The van der Waals surface area contributed by atoms with E-state index < -0.39 is 31.1 Å². The van der Waals surface area contributed by atoms with Crippen LogP contribution in [0.3, 0.4) is 0 Å². The zero-order chi connectivity index (χ0) is 16.8. The molecule has 4 rings (SSSR count). The lowest BCUT2D eigenvalue weighted by Gasteiger charge is -2.17. The number of imidazole rings is 1. The Morgan fingerprint density at radius 3 is 2.79 bits per heavy atom. The van der Waals surface area contributed by atoms with Gasteiger partial charge in [-0.05, 0) is 0 Å². The van der Waals surface area contributed by atoms with E-state index in [9.17, 15) is 15.3 Å². The van der Waals surface area contributed by atoms with Crippen LogP contribution in [0.15, 0.2) is 25.0 Å². The van der Waals surface area contributed by atoms with E-state index in [0.29, 0.717) is 22.3 Å². The minimum atomic E-state index is -1.22. The second-order valence-electron chi connectivity index (χ2n) is 5.60. The largest absolute Gasteiger partial charge is 0.394 e. The van der Waals surface area contributed by atoms with Gasteiger partial charge >= 0.3 is 0 Å². The van der Waals surface area contributed by atoms with Crippen molar-refractivity contribution in [1.29, 1.82) is 0 Å². The van der Waals surface area contributed by atoms with Gasteiger partial charge in [0.15, 0.2) is 6.23 Å². The first kappa shape index (κ1) is 15.0. The van der Waals surface area contributed by atoms with Crippen molar-refractivity contribution in [3.8, 4) is 11.3 Å². The second-order valence-corrected chi connectivity index (χ2v) is 5.60. The van der Waals surface area contributed by atoms with E-state index in [1.54, 1.807) is 17.0 Å². The first-order valence-electron chi connectivity index (χ1n) is 7.34. The lowest BCUT2D eigenvalue weighted by atomic mass is 10.1. The molecule has 1 saturated heterocycles. The smallest absolute Gasteiger partial charge is 0.164 e. The third-order valence-electron chi connectivity index (χ3n) is 4.22. The molecule has 24 heavy (non-hydrogen) atoms. The molecule has 10 heteroatoms. The summed E-state index contributed by atoms with van der Waals surface area (Å²) in [6.45, 7) is -0.404. The van der Waals surface area contributed by atoms with Gasteiger partial charge in [0.2, 0.25) is 0 Å². The van der Waals surface area contributed by atoms with E-state index in [1.165, 1.54) is 12.7 Å². The maximum absolute atomic E-state index is 10.3. The van der Waals surface area contributed by atoms with Crippen molar-refractivity contribution >= 4 is 16.9 Å². The van der Waals surface area contributed by atoms with Gasteiger partial charge < -0.3 is 35.3 Å². The Hall–Kier alpha value is -2.53. The highest BCUT2D eigenvalue weighted by Crippen LogP contribution is 2.37. The number of fused-ring (bicyclic) bond motifs is 1. The average molecular weight is 332 g/mol. The molecule has 1 aliphatic heterocycles. The Morgan fingerprint density at radius 2 is 2.12 bits per heavy atom. The number of rotatable bonds is 3. The van der Waals surface area contributed by atoms with Crippen LogP contribution in [0, 0.1) is 0 Å². The summed E-state index contributed by atoms with van der Waals surface area (Å²) in [7, 11) is 0. The molecule has 6 N–H and O–H groups in total. The third-order valence-corrected chi connectivity index (χ3v) is 4.22. The van der Waals surface area contributed by atoms with Crippen LogP contribution in [0.5, 0.6) is 0 Å². The molecule has 10 nitrogen and oxygen atoms in total. The molecule has 4 atom stereocenters. The minimum Gasteiger partial charge on any atom is -0.394 e. The molecule has 0 aromatic carbocycles. The molecule has 1 aliphatic rings. The highest BCUT2D eigenvalue weighted by molar-refractivity contribution is 5.99. The van der Waals surface area contributed by atoms with Gasteiger partial charge in [-0.15, -0.1) is 0 Å². The van der Waals surface area contributed by atoms with Crippen molar-refractivity contribution in [2.24, 2.45) is 0 Å². The number of nitrogen functional groups attached to an aromatic ring is 1. The molecule has 3 aromatic rings. The van der Waals surface area contributed by atoms with E-state index >= 15 is 0 Å². The minimum absolute atomic E-state index is 0.273.